The fourth-order valence-electron chi connectivity index (χ4n) is 5.62. The van der Waals surface area contributed by atoms with Crippen molar-refractivity contribution in [3.8, 4) is 11.3 Å². The Morgan fingerprint density at radius 1 is 1.11 bits per heavy atom. The maximum atomic E-state index is 13.3. The lowest BCUT2D eigenvalue weighted by Gasteiger charge is -2.27. The van der Waals surface area contributed by atoms with Gasteiger partial charge in [0.15, 0.2) is 0 Å². The molecule has 8 nitrogen and oxygen atoms in total. The van der Waals surface area contributed by atoms with Gasteiger partial charge in [0.05, 0.1) is 23.0 Å². The Balaban J connectivity index is 1.14. The summed E-state index contributed by atoms with van der Waals surface area (Å²) in [5, 5.41) is 6.93. The van der Waals surface area contributed by atoms with Crippen LogP contribution in [0.1, 0.15) is 58.8 Å². The molecule has 2 N–H and O–H groups in total. The number of nitrogens with zero attached hydrogens (tertiary/aromatic N) is 3. The van der Waals surface area contributed by atoms with E-state index < -0.39 is 0 Å². The van der Waals surface area contributed by atoms with Gasteiger partial charge in [-0.25, -0.2) is 9.97 Å². The van der Waals surface area contributed by atoms with Gasteiger partial charge in [0, 0.05) is 36.9 Å². The number of aromatic nitrogens is 2. The van der Waals surface area contributed by atoms with Crippen LogP contribution in [0.25, 0.3) is 11.3 Å². The lowest BCUT2D eigenvalue weighted by molar-refractivity contribution is -0.122. The van der Waals surface area contributed by atoms with Crippen LogP contribution in [0.2, 0.25) is 5.02 Å². The van der Waals surface area contributed by atoms with Crippen LogP contribution in [0.4, 0.5) is 5.95 Å². The van der Waals surface area contributed by atoms with Gasteiger partial charge >= 0.3 is 0 Å². The maximum Gasteiger partial charge on any atom is 0.254 e. The molecule has 9 heteroatoms. The van der Waals surface area contributed by atoms with Crippen molar-refractivity contribution >= 4 is 29.4 Å². The summed E-state index contributed by atoms with van der Waals surface area (Å²) in [5.74, 6) is 0.202. The van der Waals surface area contributed by atoms with Crippen molar-refractivity contribution in [2.75, 3.05) is 25.1 Å². The second-order valence-electron chi connectivity index (χ2n) is 10.2. The highest BCUT2D eigenvalue weighted by molar-refractivity contribution is 6.33. The van der Waals surface area contributed by atoms with Crippen molar-refractivity contribution < 1.29 is 14.3 Å². The molecule has 6 rings (SSSR count). The van der Waals surface area contributed by atoms with Gasteiger partial charge in [-0.05, 0) is 54.9 Å². The smallest absolute Gasteiger partial charge is 0.254 e. The fourth-order valence-corrected chi connectivity index (χ4v) is 5.82. The number of hydrogen-bond donors (Lipinski definition) is 2. The zero-order valence-electron chi connectivity index (χ0n) is 21.1. The zero-order chi connectivity index (χ0) is 26.1. The Labute approximate surface area is 226 Å². The Kier molecular flexibility index (Phi) is 7.00. The van der Waals surface area contributed by atoms with E-state index in [0.29, 0.717) is 42.0 Å². The maximum absolute atomic E-state index is 13.3. The van der Waals surface area contributed by atoms with Gasteiger partial charge < -0.3 is 20.3 Å². The van der Waals surface area contributed by atoms with Crippen molar-refractivity contribution in [2.45, 2.75) is 50.7 Å². The number of carbonyl (C=O) groups excluding carboxylic acids is 2. The van der Waals surface area contributed by atoms with Gasteiger partial charge in [-0.2, -0.15) is 0 Å². The molecule has 1 atom stereocenters. The average molecular weight is 532 g/mol. The predicted octanol–water partition coefficient (Wildman–Crippen LogP) is 4.54. The number of nitrogens with one attached hydrogen (secondary N) is 2. The molecule has 0 saturated carbocycles. The van der Waals surface area contributed by atoms with E-state index >= 15 is 0 Å². The normalized spacial score (nSPS) is 19.1. The van der Waals surface area contributed by atoms with E-state index in [1.54, 1.807) is 11.1 Å². The van der Waals surface area contributed by atoms with Crippen LogP contribution in [0.15, 0.2) is 48.7 Å². The number of amides is 2. The third-order valence-corrected chi connectivity index (χ3v) is 7.88. The summed E-state index contributed by atoms with van der Waals surface area (Å²) in [4.78, 5) is 36.8. The molecule has 1 saturated heterocycles. The van der Waals surface area contributed by atoms with Crippen LogP contribution in [0, 0.1) is 0 Å². The predicted molar refractivity (Wildman–Crippen MR) is 145 cm³/mol. The van der Waals surface area contributed by atoms with E-state index in [-0.39, 0.29) is 30.4 Å². The second kappa shape index (κ2) is 10.7. The van der Waals surface area contributed by atoms with Gasteiger partial charge in [-0.1, -0.05) is 48.0 Å². The van der Waals surface area contributed by atoms with Crippen LogP contribution >= 0.6 is 11.6 Å². The number of benzene rings is 2. The van der Waals surface area contributed by atoms with Crippen molar-refractivity contribution in [3.63, 3.8) is 0 Å². The molecule has 2 aromatic carbocycles. The van der Waals surface area contributed by atoms with Crippen molar-refractivity contribution in [1.29, 1.82) is 0 Å². The molecule has 3 aromatic rings. The van der Waals surface area contributed by atoms with Crippen LogP contribution in [0.5, 0.6) is 0 Å². The highest BCUT2D eigenvalue weighted by atomic mass is 35.5. The van der Waals surface area contributed by atoms with E-state index in [1.165, 1.54) is 11.1 Å². The molecular weight excluding hydrogens is 502 g/mol. The Bertz CT molecular complexity index is 1370. The summed E-state index contributed by atoms with van der Waals surface area (Å²) in [6.45, 7) is 1.85. The van der Waals surface area contributed by atoms with E-state index in [9.17, 15) is 9.59 Å². The molecule has 1 aliphatic carbocycles. The van der Waals surface area contributed by atoms with Crippen LogP contribution < -0.4 is 10.6 Å². The fraction of sp³-hybridized carbons (Fsp3) is 0.379. The van der Waals surface area contributed by atoms with Gasteiger partial charge in [-0.3, -0.25) is 9.59 Å². The number of halogens is 1. The van der Waals surface area contributed by atoms with Crippen LogP contribution in [-0.2, 0) is 22.5 Å². The first kappa shape index (κ1) is 24.8. The molecule has 0 spiro atoms. The summed E-state index contributed by atoms with van der Waals surface area (Å²) in [5.41, 5.74) is 5.24. The number of carbonyl (C=O) groups is 2. The standard InChI is InChI=1S/C29H30ClN5O3/c30-24-15-31-29(32-21-10-12-38-13-11-21)34-27(24)19-8-9-20-16-35(28(37)23(20)14-19)17-26(36)33-25-7-3-5-18-4-1-2-6-22(18)25/h1-2,4,6,8-9,14-15,21,25H,3,5,7,10-13,16-17H2,(H,33,36)(H,31,32,34)/t25-/m1/s1. The Hall–Kier alpha value is -3.49. The van der Waals surface area contributed by atoms with E-state index in [4.69, 9.17) is 16.3 Å². The molecule has 38 heavy (non-hydrogen) atoms. The van der Waals surface area contributed by atoms with E-state index in [0.717, 1.165) is 43.2 Å². The monoisotopic (exact) mass is 531 g/mol. The Morgan fingerprint density at radius 3 is 2.82 bits per heavy atom. The van der Waals surface area contributed by atoms with Crippen molar-refractivity contribution in [3.05, 3.63) is 75.9 Å². The third kappa shape index (κ3) is 5.11. The van der Waals surface area contributed by atoms with Crippen molar-refractivity contribution in [2.24, 2.45) is 0 Å². The molecule has 0 bridgehead atoms. The highest BCUT2D eigenvalue weighted by Gasteiger charge is 2.31. The van der Waals surface area contributed by atoms with E-state index in [1.807, 2.05) is 30.3 Å². The molecule has 2 amide bonds. The van der Waals surface area contributed by atoms with Crippen LogP contribution in [-0.4, -0.2) is 52.5 Å². The summed E-state index contributed by atoms with van der Waals surface area (Å²) in [6.07, 6.45) is 6.35. The summed E-state index contributed by atoms with van der Waals surface area (Å²) < 4.78 is 5.42. The average Bonchev–Trinajstić information content (AvgIpc) is 3.24. The number of rotatable bonds is 6. The molecule has 1 aromatic heterocycles. The molecular formula is C29H30ClN5O3. The molecule has 0 radical (unpaired) electrons. The molecule has 0 unspecified atom stereocenters. The van der Waals surface area contributed by atoms with Crippen molar-refractivity contribution in [1.82, 2.24) is 20.2 Å². The van der Waals surface area contributed by atoms with Gasteiger partial charge in [0.2, 0.25) is 11.9 Å². The number of hydrogen-bond acceptors (Lipinski definition) is 6. The first-order valence-corrected chi connectivity index (χ1v) is 13.6. The highest BCUT2D eigenvalue weighted by Crippen LogP contribution is 2.32. The molecule has 1 fully saturated rings. The summed E-state index contributed by atoms with van der Waals surface area (Å²) in [7, 11) is 0. The quantitative estimate of drug-likeness (QED) is 0.485. The molecule has 3 aliphatic rings. The van der Waals surface area contributed by atoms with Crippen LogP contribution in [0.3, 0.4) is 0 Å². The Morgan fingerprint density at radius 2 is 1.95 bits per heavy atom. The van der Waals surface area contributed by atoms with Gasteiger partial charge in [0.25, 0.3) is 5.91 Å². The summed E-state index contributed by atoms with van der Waals surface area (Å²) in [6, 6.07) is 14.2. The number of fused-ring (bicyclic) bond motifs is 2. The second-order valence-corrected chi connectivity index (χ2v) is 10.6. The number of anilines is 1. The molecule has 3 heterocycles. The first-order chi connectivity index (χ1) is 18.5. The lowest BCUT2D eigenvalue weighted by Crippen LogP contribution is -2.39. The molecule has 2 aliphatic heterocycles. The first-order valence-electron chi connectivity index (χ1n) is 13.2. The third-order valence-electron chi connectivity index (χ3n) is 7.60. The summed E-state index contributed by atoms with van der Waals surface area (Å²) >= 11 is 6.47. The molecule has 196 valence electrons. The van der Waals surface area contributed by atoms with Gasteiger partial charge in [0.1, 0.15) is 6.54 Å². The van der Waals surface area contributed by atoms with E-state index in [2.05, 4.69) is 32.7 Å². The SMILES string of the molecule is O=C(CN1Cc2ccc(-c3nc(NC4CCOCC4)ncc3Cl)cc2C1=O)N[C@@H]1CCCc2ccccc21. The number of aryl methyl sites for hydroxylation is 1. The lowest BCUT2D eigenvalue weighted by atomic mass is 9.88. The van der Waals surface area contributed by atoms with Gasteiger partial charge in [-0.15, -0.1) is 0 Å². The topological polar surface area (TPSA) is 96.5 Å². The minimum absolute atomic E-state index is 0.0111. The zero-order valence-corrected chi connectivity index (χ0v) is 21.8. The largest absolute Gasteiger partial charge is 0.381 e. The number of ether oxygens (including phenoxy) is 1. The minimum Gasteiger partial charge on any atom is -0.381 e. The minimum atomic E-state index is -0.160.